The van der Waals surface area contributed by atoms with Gasteiger partial charge in [-0.3, -0.25) is 15.0 Å². The summed E-state index contributed by atoms with van der Waals surface area (Å²) < 4.78 is 13.7. The molecule has 0 unspecified atom stereocenters. The number of anilines is 1. The minimum atomic E-state index is -0.519. The zero-order chi connectivity index (χ0) is 11.9. The van der Waals surface area contributed by atoms with Crippen molar-refractivity contribution in [2.75, 3.05) is 11.4 Å². The second-order valence-corrected chi connectivity index (χ2v) is 4.35. The van der Waals surface area contributed by atoms with Crippen LogP contribution in [-0.4, -0.2) is 18.5 Å². The van der Waals surface area contributed by atoms with Gasteiger partial charge in [0.2, 0.25) is 5.91 Å². The van der Waals surface area contributed by atoms with Crippen molar-refractivity contribution >= 4 is 33.6 Å². The SMILES string of the molecule is Cc1cc(Br)c(F)cc1N1CC(=O)NC1=O. The lowest BCUT2D eigenvalue weighted by atomic mass is 10.2. The highest BCUT2D eigenvalue weighted by Gasteiger charge is 2.29. The maximum atomic E-state index is 13.3. The van der Waals surface area contributed by atoms with E-state index in [-0.39, 0.29) is 12.5 Å². The maximum Gasteiger partial charge on any atom is 0.329 e. The van der Waals surface area contributed by atoms with Crippen molar-refractivity contribution in [3.8, 4) is 0 Å². The van der Waals surface area contributed by atoms with E-state index in [9.17, 15) is 14.0 Å². The first-order chi connectivity index (χ1) is 7.49. The molecular weight excluding hydrogens is 279 g/mol. The number of hydrogen-bond donors (Lipinski definition) is 1. The predicted octanol–water partition coefficient (Wildman–Crippen LogP) is 1.95. The van der Waals surface area contributed by atoms with Gasteiger partial charge < -0.3 is 0 Å². The summed E-state index contributed by atoms with van der Waals surface area (Å²) in [6.45, 7) is 1.68. The summed E-state index contributed by atoms with van der Waals surface area (Å²) in [6, 6.07) is 2.29. The Balaban J connectivity index is 2.45. The fraction of sp³-hybridized carbons (Fsp3) is 0.200. The van der Waals surface area contributed by atoms with Gasteiger partial charge in [-0.05, 0) is 40.5 Å². The number of nitrogens with one attached hydrogen (secondary N) is 1. The summed E-state index contributed by atoms with van der Waals surface area (Å²) in [5.74, 6) is -0.847. The van der Waals surface area contributed by atoms with Crippen LogP contribution in [0.4, 0.5) is 14.9 Å². The van der Waals surface area contributed by atoms with Crippen LogP contribution in [-0.2, 0) is 4.79 Å². The highest BCUT2D eigenvalue weighted by molar-refractivity contribution is 9.10. The van der Waals surface area contributed by atoms with Gasteiger partial charge in [0.1, 0.15) is 12.4 Å². The van der Waals surface area contributed by atoms with Crippen molar-refractivity contribution < 1.29 is 14.0 Å². The molecule has 2 rings (SSSR count). The van der Waals surface area contributed by atoms with Crippen LogP contribution in [0.2, 0.25) is 0 Å². The Morgan fingerprint density at radius 3 is 2.69 bits per heavy atom. The molecule has 0 aliphatic carbocycles. The minimum Gasteiger partial charge on any atom is -0.284 e. The average molecular weight is 287 g/mol. The molecule has 0 radical (unpaired) electrons. The number of urea groups is 1. The number of nitrogens with zero attached hydrogens (tertiary/aromatic N) is 1. The summed E-state index contributed by atoms with van der Waals surface area (Å²) >= 11 is 3.05. The molecule has 1 N–H and O–H groups in total. The zero-order valence-corrected chi connectivity index (χ0v) is 9.97. The molecule has 3 amide bonds. The number of rotatable bonds is 1. The first-order valence-electron chi connectivity index (χ1n) is 4.56. The number of carbonyl (C=O) groups excluding carboxylic acids is 2. The molecule has 6 heteroatoms. The molecule has 84 valence electrons. The topological polar surface area (TPSA) is 49.4 Å². The van der Waals surface area contributed by atoms with E-state index in [0.717, 1.165) is 5.56 Å². The Morgan fingerprint density at radius 1 is 1.44 bits per heavy atom. The number of benzene rings is 1. The van der Waals surface area contributed by atoms with E-state index in [1.165, 1.54) is 11.0 Å². The third kappa shape index (κ3) is 1.80. The Hall–Kier alpha value is -1.43. The van der Waals surface area contributed by atoms with Crippen molar-refractivity contribution in [2.24, 2.45) is 0 Å². The van der Waals surface area contributed by atoms with Crippen LogP contribution in [0.15, 0.2) is 16.6 Å². The van der Waals surface area contributed by atoms with Gasteiger partial charge in [-0.2, -0.15) is 0 Å². The van der Waals surface area contributed by atoms with Crippen LogP contribution in [0.1, 0.15) is 5.56 Å². The van der Waals surface area contributed by atoms with Crippen molar-refractivity contribution in [1.82, 2.24) is 5.32 Å². The van der Waals surface area contributed by atoms with Gasteiger partial charge in [0, 0.05) is 0 Å². The smallest absolute Gasteiger partial charge is 0.284 e. The Bertz CT molecular complexity index is 490. The third-order valence-electron chi connectivity index (χ3n) is 2.32. The summed E-state index contributed by atoms with van der Waals surface area (Å²) in [5.41, 5.74) is 1.13. The van der Waals surface area contributed by atoms with E-state index in [1.54, 1.807) is 13.0 Å². The first kappa shape index (κ1) is 11.1. The van der Waals surface area contributed by atoms with Gasteiger partial charge in [-0.1, -0.05) is 0 Å². The number of halogens is 2. The van der Waals surface area contributed by atoms with Crippen molar-refractivity contribution in [1.29, 1.82) is 0 Å². The molecule has 1 aliphatic rings. The van der Waals surface area contributed by atoms with Gasteiger partial charge in [-0.25, -0.2) is 9.18 Å². The normalized spacial score (nSPS) is 15.6. The molecule has 1 saturated heterocycles. The molecule has 0 spiro atoms. The molecule has 0 aromatic heterocycles. The summed E-state index contributed by atoms with van der Waals surface area (Å²) in [4.78, 5) is 23.6. The Labute approximate surface area is 99.6 Å². The van der Waals surface area contributed by atoms with Crippen LogP contribution in [0.25, 0.3) is 0 Å². The molecule has 1 aromatic carbocycles. The van der Waals surface area contributed by atoms with E-state index in [2.05, 4.69) is 21.2 Å². The quantitative estimate of drug-likeness (QED) is 0.803. The molecule has 1 fully saturated rings. The number of hydrogen-bond acceptors (Lipinski definition) is 2. The van der Waals surface area contributed by atoms with Crippen molar-refractivity contribution in [3.63, 3.8) is 0 Å². The lowest BCUT2D eigenvalue weighted by molar-refractivity contribution is -0.117. The monoisotopic (exact) mass is 286 g/mol. The fourth-order valence-electron chi connectivity index (χ4n) is 1.56. The van der Waals surface area contributed by atoms with Gasteiger partial charge in [0.25, 0.3) is 0 Å². The molecule has 0 saturated carbocycles. The molecule has 1 aliphatic heterocycles. The number of carbonyl (C=O) groups is 2. The van der Waals surface area contributed by atoms with Crippen LogP contribution in [0.3, 0.4) is 0 Å². The van der Waals surface area contributed by atoms with Crippen molar-refractivity contribution in [2.45, 2.75) is 6.92 Å². The lowest BCUT2D eigenvalue weighted by Gasteiger charge is -2.16. The minimum absolute atomic E-state index is 0.0687. The summed E-state index contributed by atoms with van der Waals surface area (Å²) in [7, 11) is 0. The number of amides is 3. The second kappa shape index (κ2) is 3.86. The molecule has 16 heavy (non-hydrogen) atoms. The van der Waals surface area contributed by atoms with Crippen LogP contribution in [0.5, 0.6) is 0 Å². The van der Waals surface area contributed by atoms with Crippen molar-refractivity contribution in [3.05, 3.63) is 28.0 Å². The molecular formula is C10H8BrFN2O2. The van der Waals surface area contributed by atoms with E-state index in [1.807, 2.05) is 0 Å². The average Bonchev–Trinajstić information content (AvgIpc) is 2.51. The third-order valence-corrected chi connectivity index (χ3v) is 2.93. The molecule has 4 nitrogen and oxygen atoms in total. The fourth-order valence-corrected chi connectivity index (χ4v) is 2.02. The molecule has 0 atom stereocenters. The predicted molar refractivity (Wildman–Crippen MR) is 59.7 cm³/mol. The van der Waals surface area contributed by atoms with Crippen LogP contribution >= 0.6 is 15.9 Å². The van der Waals surface area contributed by atoms with Crippen LogP contribution < -0.4 is 10.2 Å². The molecule has 0 bridgehead atoms. The number of imide groups is 1. The van der Waals surface area contributed by atoms with Gasteiger partial charge in [0.15, 0.2) is 0 Å². The first-order valence-corrected chi connectivity index (χ1v) is 5.35. The van der Waals surface area contributed by atoms with Crippen LogP contribution in [0, 0.1) is 12.7 Å². The van der Waals surface area contributed by atoms with Gasteiger partial charge in [0.05, 0.1) is 10.2 Å². The van der Waals surface area contributed by atoms with E-state index < -0.39 is 11.8 Å². The summed E-state index contributed by atoms with van der Waals surface area (Å²) in [6.07, 6.45) is 0. The van der Waals surface area contributed by atoms with E-state index in [4.69, 9.17) is 0 Å². The maximum absolute atomic E-state index is 13.3. The van der Waals surface area contributed by atoms with E-state index in [0.29, 0.717) is 10.2 Å². The van der Waals surface area contributed by atoms with Gasteiger partial charge in [-0.15, -0.1) is 0 Å². The largest absolute Gasteiger partial charge is 0.329 e. The second-order valence-electron chi connectivity index (χ2n) is 3.49. The molecule has 1 aromatic rings. The Kier molecular flexibility index (Phi) is 2.67. The highest BCUT2D eigenvalue weighted by atomic mass is 79.9. The standard InChI is InChI=1S/C10H8BrFN2O2/c1-5-2-6(11)7(12)3-8(5)14-4-9(15)13-10(14)16/h2-3H,4H2,1H3,(H,13,15,16). The van der Waals surface area contributed by atoms with Gasteiger partial charge >= 0.3 is 6.03 Å². The highest BCUT2D eigenvalue weighted by Crippen LogP contribution is 2.27. The summed E-state index contributed by atoms with van der Waals surface area (Å²) in [5, 5.41) is 2.14. The zero-order valence-electron chi connectivity index (χ0n) is 8.38. The molecule has 1 heterocycles. The number of aryl methyl sites for hydroxylation is 1. The lowest BCUT2D eigenvalue weighted by Crippen LogP contribution is -2.28. The Morgan fingerprint density at radius 2 is 2.12 bits per heavy atom. The van der Waals surface area contributed by atoms with E-state index >= 15 is 0 Å².